The van der Waals surface area contributed by atoms with Gasteiger partial charge >= 0.3 is 0 Å². The first-order valence-electron chi connectivity index (χ1n) is 8.66. The molecule has 0 aromatic rings. The van der Waals surface area contributed by atoms with Crippen molar-refractivity contribution in [3.05, 3.63) is 0 Å². The van der Waals surface area contributed by atoms with Gasteiger partial charge in [-0.2, -0.15) is 20.5 Å². The zero-order valence-electron chi connectivity index (χ0n) is 16.0. The van der Waals surface area contributed by atoms with E-state index < -0.39 is 0 Å². The molecule has 144 valence electrons. The van der Waals surface area contributed by atoms with E-state index >= 15 is 0 Å². The highest BCUT2D eigenvalue weighted by Gasteiger charge is 2.44. The minimum Gasteiger partial charge on any atom is -0.284 e. The Balaban J connectivity index is 2.03. The summed E-state index contributed by atoms with van der Waals surface area (Å²) < 4.78 is 0. The van der Waals surface area contributed by atoms with Crippen LogP contribution >= 0.6 is 24.4 Å². The van der Waals surface area contributed by atoms with E-state index in [-0.39, 0.29) is 17.3 Å². The van der Waals surface area contributed by atoms with Crippen molar-refractivity contribution in [1.82, 2.24) is 20.9 Å². The highest BCUT2D eigenvalue weighted by molar-refractivity contribution is 7.80. The molecule has 0 bridgehead atoms. The van der Waals surface area contributed by atoms with Crippen LogP contribution in [0.15, 0.2) is 9.98 Å². The molecule has 0 radical (unpaired) electrons. The van der Waals surface area contributed by atoms with Gasteiger partial charge < -0.3 is 0 Å². The molecule has 2 aliphatic rings. The normalized spacial score (nSPS) is 19.2. The fourth-order valence-corrected chi connectivity index (χ4v) is 3.09. The van der Waals surface area contributed by atoms with Crippen molar-refractivity contribution in [2.45, 2.75) is 46.0 Å². The van der Waals surface area contributed by atoms with Crippen molar-refractivity contribution >= 4 is 46.1 Å². The number of nitrogens with zero attached hydrogens (tertiary/aromatic N) is 6. The predicted molar refractivity (Wildman–Crippen MR) is 112 cm³/mol. The molecule has 2 rings (SSSR count). The number of nitrogens with one attached hydrogen (secondary N) is 2. The van der Waals surface area contributed by atoms with Crippen LogP contribution in [-0.2, 0) is 0 Å². The summed E-state index contributed by atoms with van der Waals surface area (Å²) in [6.07, 6.45) is 7.87. The second kappa shape index (κ2) is 8.15. The largest absolute Gasteiger partial charge is 0.284 e. The molecule has 2 aliphatic carbocycles. The van der Waals surface area contributed by atoms with Crippen LogP contribution in [0, 0.1) is 33.7 Å². The maximum absolute atomic E-state index is 9.00. The minimum absolute atomic E-state index is 0.0166. The number of hydrazine groups is 2. The molecule has 0 aromatic heterocycles. The van der Waals surface area contributed by atoms with Crippen LogP contribution in [0.4, 0.5) is 0 Å². The van der Waals surface area contributed by atoms with Gasteiger partial charge in [-0.1, -0.05) is 38.3 Å². The summed E-state index contributed by atoms with van der Waals surface area (Å²) >= 11 is 11.0. The number of amidine groups is 2. The standard InChI is InChI=1S/C17H24N8S2/c1-16(5-6-16)14(26)24(3)22-12(20-10-18)9-13(21-11-19)23-25(4)15(27)17(2)7-8-17/h5-9H2,1-4H3,(H,20,22)(H,21,23). The molecule has 0 spiro atoms. The van der Waals surface area contributed by atoms with Gasteiger partial charge in [-0.15, -0.1) is 0 Å². The van der Waals surface area contributed by atoms with Crippen molar-refractivity contribution in [2.75, 3.05) is 14.1 Å². The van der Waals surface area contributed by atoms with E-state index in [9.17, 15) is 0 Å². The van der Waals surface area contributed by atoms with Gasteiger partial charge in [0.05, 0.1) is 6.42 Å². The zero-order chi connectivity index (χ0) is 20.2. The molecule has 8 nitrogen and oxygen atoms in total. The van der Waals surface area contributed by atoms with E-state index in [2.05, 4.69) is 34.7 Å². The SMILES string of the molecule is CN(NC(CC(=NC#N)NN(C)C(=S)C1(C)CC1)=NC#N)C(=S)C1(C)CC1. The third-order valence-corrected chi connectivity index (χ3v) is 6.47. The van der Waals surface area contributed by atoms with Gasteiger partial charge in [-0.3, -0.25) is 20.9 Å². The first kappa shape index (κ1) is 21.0. The van der Waals surface area contributed by atoms with Crippen molar-refractivity contribution in [1.29, 1.82) is 10.5 Å². The average Bonchev–Trinajstić information content (AvgIpc) is 3.53. The molecule has 0 aliphatic heterocycles. The number of thiocarbonyl (C=S) groups is 2. The van der Waals surface area contributed by atoms with Crippen LogP contribution in [0.3, 0.4) is 0 Å². The van der Waals surface area contributed by atoms with Gasteiger partial charge in [0.1, 0.15) is 21.6 Å². The zero-order valence-corrected chi connectivity index (χ0v) is 17.7. The topological polar surface area (TPSA) is 103 Å². The Bertz CT molecular complexity index is 701. The third kappa shape index (κ3) is 5.34. The monoisotopic (exact) mass is 404 g/mol. The molecule has 2 saturated carbocycles. The Morgan fingerprint density at radius 1 is 0.889 bits per heavy atom. The van der Waals surface area contributed by atoms with Gasteiger partial charge in [0.2, 0.25) is 12.4 Å². The lowest BCUT2D eigenvalue weighted by atomic mass is 10.1. The highest BCUT2D eigenvalue weighted by atomic mass is 32.1. The maximum Gasteiger partial charge on any atom is 0.207 e. The van der Waals surface area contributed by atoms with E-state index in [4.69, 9.17) is 35.0 Å². The van der Waals surface area contributed by atoms with Gasteiger partial charge in [-0.25, -0.2) is 0 Å². The molecule has 0 saturated heterocycles. The molecular weight excluding hydrogens is 380 g/mol. The molecule has 0 heterocycles. The van der Waals surface area contributed by atoms with Crippen LogP contribution in [0.5, 0.6) is 0 Å². The van der Waals surface area contributed by atoms with Crippen molar-refractivity contribution in [2.24, 2.45) is 20.8 Å². The van der Waals surface area contributed by atoms with Crippen LogP contribution < -0.4 is 10.9 Å². The van der Waals surface area contributed by atoms with Crippen LogP contribution in [0.2, 0.25) is 0 Å². The predicted octanol–water partition coefficient (Wildman–Crippen LogP) is 2.26. The Morgan fingerprint density at radius 3 is 1.48 bits per heavy atom. The summed E-state index contributed by atoms with van der Waals surface area (Å²) in [5.74, 6) is 0.676. The molecule has 2 N–H and O–H groups in total. The molecule has 10 heteroatoms. The third-order valence-electron chi connectivity index (χ3n) is 4.94. The van der Waals surface area contributed by atoms with Gasteiger partial charge in [-0.05, 0) is 25.7 Å². The Kier molecular flexibility index (Phi) is 6.34. The van der Waals surface area contributed by atoms with E-state index in [0.29, 0.717) is 11.7 Å². The Labute approximate surface area is 170 Å². The summed E-state index contributed by atoms with van der Waals surface area (Å²) in [5, 5.41) is 21.4. The molecular formula is C17H24N8S2. The number of hydrogen-bond donors (Lipinski definition) is 2. The summed E-state index contributed by atoms with van der Waals surface area (Å²) in [6, 6.07) is 0. The van der Waals surface area contributed by atoms with Crippen molar-refractivity contribution in [3.8, 4) is 12.4 Å². The first-order chi connectivity index (χ1) is 12.6. The quantitative estimate of drug-likeness (QED) is 0.242. The number of aliphatic imine (C=N–C) groups is 2. The molecule has 0 unspecified atom stereocenters. The number of hydrogen-bond acceptors (Lipinski definition) is 6. The molecule has 0 atom stereocenters. The average molecular weight is 405 g/mol. The van der Waals surface area contributed by atoms with Gasteiger partial charge in [0, 0.05) is 24.9 Å². The van der Waals surface area contributed by atoms with Crippen LogP contribution in [-0.4, -0.2) is 45.8 Å². The molecule has 27 heavy (non-hydrogen) atoms. The maximum atomic E-state index is 9.00. The molecule has 2 fully saturated rings. The second-order valence-corrected chi connectivity index (χ2v) is 8.34. The first-order valence-corrected chi connectivity index (χ1v) is 9.48. The molecule has 0 aromatic carbocycles. The van der Waals surface area contributed by atoms with E-state index in [1.165, 1.54) is 0 Å². The van der Waals surface area contributed by atoms with E-state index in [1.54, 1.807) is 36.5 Å². The minimum atomic E-state index is 0.0166. The Morgan fingerprint density at radius 2 is 1.22 bits per heavy atom. The summed E-state index contributed by atoms with van der Waals surface area (Å²) in [5.41, 5.74) is 6.11. The summed E-state index contributed by atoms with van der Waals surface area (Å²) in [7, 11) is 3.59. The van der Waals surface area contributed by atoms with E-state index in [0.717, 1.165) is 35.7 Å². The lowest BCUT2D eigenvalue weighted by Crippen LogP contribution is -2.49. The Hall–Kier alpha value is -2.30. The molecule has 0 amide bonds. The van der Waals surface area contributed by atoms with Crippen molar-refractivity contribution in [3.63, 3.8) is 0 Å². The highest BCUT2D eigenvalue weighted by Crippen LogP contribution is 2.47. The number of rotatable bonds is 4. The van der Waals surface area contributed by atoms with Crippen LogP contribution in [0.25, 0.3) is 0 Å². The lowest BCUT2D eigenvalue weighted by molar-refractivity contribution is 0.424. The van der Waals surface area contributed by atoms with E-state index in [1.807, 2.05) is 0 Å². The lowest BCUT2D eigenvalue weighted by Gasteiger charge is -2.28. The smallest absolute Gasteiger partial charge is 0.207 e. The van der Waals surface area contributed by atoms with Crippen molar-refractivity contribution < 1.29 is 0 Å². The van der Waals surface area contributed by atoms with Gasteiger partial charge in [0.15, 0.2) is 0 Å². The summed E-state index contributed by atoms with van der Waals surface area (Å²) in [6.45, 7) is 4.21. The number of nitriles is 2. The summed E-state index contributed by atoms with van der Waals surface area (Å²) in [4.78, 5) is 9.15. The van der Waals surface area contributed by atoms with Crippen LogP contribution in [0.1, 0.15) is 46.0 Å². The fraction of sp³-hybridized carbons (Fsp3) is 0.647. The second-order valence-electron chi connectivity index (χ2n) is 7.57. The fourth-order valence-electron chi connectivity index (χ4n) is 2.59. The van der Waals surface area contributed by atoms with Gasteiger partial charge in [0.25, 0.3) is 0 Å².